The Labute approximate surface area is 182 Å². The third-order valence-corrected chi connectivity index (χ3v) is 6.40. The Hall–Kier alpha value is -2.63. The van der Waals surface area contributed by atoms with Crippen LogP contribution in [-0.2, 0) is 0 Å². The van der Waals surface area contributed by atoms with Crippen LogP contribution in [-0.4, -0.2) is 42.0 Å². The average molecular weight is 424 g/mol. The first-order valence-corrected chi connectivity index (χ1v) is 10.3. The number of amides is 1. The van der Waals surface area contributed by atoms with Gasteiger partial charge in [-0.3, -0.25) is 4.79 Å². The molecule has 1 N–H and O–H groups in total. The number of nitrogens with zero attached hydrogens (tertiary/aromatic N) is 2. The van der Waals surface area contributed by atoms with E-state index in [4.69, 9.17) is 4.42 Å². The van der Waals surface area contributed by atoms with Crippen LogP contribution in [0.4, 0.5) is 0 Å². The Morgan fingerprint density at radius 2 is 1.73 bits per heavy atom. The first-order chi connectivity index (χ1) is 14.2. The van der Waals surface area contributed by atoms with Gasteiger partial charge in [0.2, 0.25) is 5.89 Å². The van der Waals surface area contributed by atoms with E-state index in [-0.39, 0.29) is 18.3 Å². The van der Waals surface area contributed by atoms with E-state index in [0.29, 0.717) is 22.6 Å². The lowest BCUT2D eigenvalue weighted by Gasteiger charge is -2.39. The number of piperidine rings is 1. The second kappa shape index (κ2) is 8.62. The second-order valence-corrected chi connectivity index (χ2v) is 8.16. The standard InChI is InChI=1S/C24H25N3O2.ClH/c28-23(27-14-11-24(12-15-27)10-13-25-17-24)20-9-5-4-8-19(20)22-26-16-21(29-22)18-6-2-1-3-7-18;/h1-9,16,25H,10-15,17H2;1H. The normalized spacial score (nSPS) is 17.7. The van der Waals surface area contributed by atoms with Crippen molar-refractivity contribution in [1.82, 2.24) is 15.2 Å². The maximum absolute atomic E-state index is 13.3. The molecule has 3 heterocycles. The van der Waals surface area contributed by atoms with E-state index in [1.54, 1.807) is 6.20 Å². The highest BCUT2D eigenvalue weighted by Gasteiger charge is 2.38. The van der Waals surface area contributed by atoms with Crippen molar-refractivity contribution in [2.24, 2.45) is 5.41 Å². The molecule has 0 atom stereocenters. The fraction of sp³-hybridized carbons (Fsp3) is 0.333. The largest absolute Gasteiger partial charge is 0.436 e. The molecule has 6 heteroatoms. The van der Waals surface area contributed by atoms with Crippen LogP contribution in [0.5, 0.6) is 0 Å². The second-order valence-electron chi connectivity index (χ2n) is 8.16. The fourth-order valence-corrected chi connectivity index (χ4v) is 4.57. The van der Waals surface area contributed by atoms with Gasteiger partial charge in [0.15, 0.2) is 5.76 Å². The van der Waals surface area contributed by atoms with Crippen molar-refractivity contribution >= 4 is 18.3 Å². The third-order valence-electron chi connectivity index (χ3n) is 6.40. The highest BCUT2D eigenvalue weighted by Crippen LogP contribution is 2.38. The predicted octanol–water partition coefficient (Wildman–Crippen LogP) is 4.65. The maximum Gasteiger partial charge on any atom is 0.254 e. The Morgan fingerprint density at radius 1 is 1.00 bits per heavy atom. The summed E-state index contributed by atoms with van der Waals surface area (Å²) in [5.74, 6) is 1.26. The Bertz CT molecular complexity index is 1000. The molecule has 2 aromatic carbocycles. The molecule has 0 aliphatic carbocycles. The summed E-state index contributed by atoms with van der Waals surface area (Å²) in [6.45, 7) is 3.82. The molecule has 5 nitrogen and oxygen atoms in total. The molecular weight excluding hydrogens is 398 g/mol. The molecule has 1 amide bonds. The first-order valence-electron chi connectivity index (χ1n) is 10.3. The lowest BCUT2D eigenvalue weighted by Crippen LogP contribution is -2.44. The van der Waals surface area contributed by atoms with E-state index < -0.39 is 0 Å². The summed E-state index contributed by atoms with van der Waals surface area (Å²) in [6.07, 6.45) is 5.10. The smallest absolute Gasteiger partial charge is 0.254 e. The van der Waals surface area contributed by atoms with E-state index in [1.165, 1.54) is 6.42 Å². The van der Waals surface area contributed by atoms with Gasteiger partial charge in [0.1, 0.15) is 0 Å². The molecule has 0 unspecified atom stereocenters. The Morgan fingerprint density at radius 3 is 2.47 bits per heavy atom. The number of hydrogen-bond donors (Lipinski definition) is 1. The average Bonchev–Trinajstić information content (AvgIpc) is 3.45. The molecule has 1 spiro atoms. The summed E-state index contributed by atoms with van der Waals surface area (Å²) in [6, 6.07) is 17.5. The van der Waals surface area contributed by atoms with Crippen LogP contribution in [0.25, 0.3) is 22.8 Å². The number of benzene rings is 2. The fourth-order valence-electron chi connectivity index (χ4n) is 4.57. The minimum atomic E-state index is 0. The van der Waals surface area contributed by atoms with E-state index in [2.05, 4.69) is 10.3 Å². The van der Waals surface area contributed by atoms with Gasteiger partial charge < -0.3 is 14.6 Å². The molecular formula is C24H26ClN3O2. The summed E-state index contributed by atoms with van der Waals surface area (Å²) >= 11 is 0. The van der Waals surface area contributed by atoms with Crippen molar-refractivity contribution in [2.75, 3.05) is 26.2 Å². The zero-order valence-corrected chi connectivity index (χ0v) is 17.7. The van der Waals surface area contributed by atoms with E-state index in [9.17, 15) is 4.79 Å². The monoisotopic (exact) mass is 423 g/mol. The Kier molecular flexibility index (Phi) is 5.93. The van der Waals surface area contributed by atoms with Gasteiger partial charge in [-0.05, 0) is 43.4 Å². The zero-order valence-electron chi connectivity index (χ0n) is 16.8. The SMILES string of the molecule is Cl.O=C(c1ccccc1-c1ncc(-c2ccccc2)o1)N1CCC2(CCNC2)CC1. The van der Waals surface area contributed by atoms with Crippen molar-refractivity contribution in [3.63, 3.8) is 0 Å². The van der Waals surface area contributed by atoms with Crippen LogP contribution in [0.1, 0.15) is 29.6 Å². The molecule has 2 aliphatic heterocycles. The third kappa shape index (κ3) is 3.87. The van der Waals surface area contributed by atoms with Crippen molar-refractivity contribution in [1.29, 1.82) is 0 Å². The topological polar surface area (TPSA) is 58.4 Å². The molecule has 1 aromatic heterocycles. The summed E-state index contributed by atoms with van der Waals surface area (Å²) in [4.78, 5) is 19.8. The van der Waals surface area contributed by atoms with E-state index in [0.717, 1.165) is 50.1 Å². The molecule has 2 aliphatic rings. The van der Waals surface area contributed by atoms with Crippen LogP contribution in [0.3, 0.4) is 0 Å². The van der Waals surface area contributed by atoms with Crippen LogP contribution in [0.15, 0.2) is 65.2 Å². The molecule has 156 valence electrons. The summed E-state index contributed by atoms with van der Waals surface area (Å²) < 4.78 is 6.02. The first kappa shape index (κ1) is 20.6. The van der Waals surface area contributed by atoms with Gasteiger partial charge in [-0.15, -0.1) is 12.4 Å². The molecule has 2 saturated heterocycles. The van der Waals surface area contributed by atoms with Crippen LogP contribution >= 0.6 is 12.4 Å². The minimum absolute atomic E-state index is 0. The number of aromatic nitrogens is 1. The predicted molar refractivity (Wildman–Crippen MR) is 120 cm³/mol. The number of nitrogens with one attached hydrogen (secondary N) is 1. The van der Waals surface area contributed by atoms with Crippen molar-refractivity contribution in [3.05, 3.63) is 66.4 Å². The molecule has 30 heavy (non-hydrogen) atoms. The van der Waals surface area contributed by atoms with E-state index in [1.807, 2.05) is 59.5 Å². The molecule has 0 bridgehead atoms. The Balaban J connectivity index is 0.00000218. The summed E-state index contributed by atoms with van der Waals surface area (Å²) in [5.41, 5.74) is 2.78. The van der Waals surface area contributed by atoms with Gasteiger partial charge >= 0.3 is 0 Å². The summed E-state index contributed by atoms with van der Waals surface area (Å²) in [7, 11) is 0. The van der Waals surface area contributed by atoms with Crippen molar-refractivity contribution in [3.8, 4) is 22.8 Å². The molecule has 0 radical (unpaired) electrons. The number of likely N-dealkylation sites (tertiary alicyclic amines) is 1. The van der Waals surface area contributed by atoms with Gasteiger partial charge in [-0.1, -0.05) is 42.5 Å². The molecule has 5 rings (SSSR count). The van der Waals surface area contributed by atoms with E-state index >= 15 is 0 Å². The quantitative estimate of drug-likeness (QED) is 0.666. The maximum atomic E-state index is 13.3. The molecule has 3 aromatic rings. The minimum Gasteiger partial charge on any atom is -0.436 e. The number of rotatable bonds is 3. The van der Waals surface area contributed by atoms with Gasteiger partial charge in [-0.25, -0.2) is 4.98 Å². The van der Waals surface area contributed by atoms with Crippen molar-refractivity contribution in [2.45, 2.75) is 19.3 Å². The van der Waals surface area contributed by atoms with Crippen LogP contribution < -0.4 is 5.32 Å². The van der Waals surface area contributed by atoms with Gasteiger partial charge in [0, 0.05) is 30.8 Å². The van der Waals surface area contributed by atoms with Gasteiger partial charge in [-0.2, -0.15) is 0 Å². The zero-order chi connectivity index (χ0) is 19.7. The van der Waals surface area contributed by atoms with Crippen LogP contribution in [0.2, 0.25) is 0 Å². The highest BCUT2D eigenvalue weighted by atomic mass is 35.5. The number of carbonyl (C=O) groups is 1. The molecule has 0 saturated carbocycles. The van der Waals surface area contributed by atoms with Gasteiger partial charge in [0.05, 0.1) is 11.8 Å². The van der Waals surface area contributed by atoms with Crippen molar-refractivity contribution < 1.29 is 9.21 Å². The lowest BCUT2D eigenvalue weighted by molar-refractivity contribution is 0.0608. The highest BCUT2D eigenvalue weighted by molar-refractivity contribution is 6.00. The number of hydrogen-bond acceptors (Lipinski definition) is 4. The van der Waals surface area contributed by atoms with Gasteiger partial charge in [0.25, 0.3) is 5.91 Å². The molecule has 2 fully saturated rings. The van der Waals surface area contributed by atoms with Crippen LogP contribution in [0, 0.1) is 5.41 Å². The number of halogens is 1. The lowest BCUT2D eigenvalue weighted by atomic mass is 9.77. The number of carbonyl (C=O) groups excluding carboxylic acids is 1. The summed E-state index contributed by atoms with van der Waals surface area (Å²) in [5, 5.41) is 3.48. The number of oxazole rings is 1.